The van der Waals surface area contributed by atoms with E-state index in [-0.39, 0.29) is 12.4 Å². The molecule has 0 radical (unpaired) electrons. The van der Waals surface area contributed by atoms with Gasteiger partial charge in [0.15, 0.2) is 0 Å². The van der Waals surface area contributed by atoms with Crippen LogP contribution in [-0.2, 0) is 4.79 Å². The fourth-order valence-corrected chi connectivity index (χ4v) is 2.84. The molecule has 3 aliphatic rings. The molecule has 3 fully saturated rings. The molecule has 0 aromatic carbocycles. The van der Waals surface area contributed by atoms with E-state index < -0.39 is 0 Å². The van der Waals surface area contributed by atoms with Gasteiger partial charge in [0.2, 0.25) is 5.91 Å². The van der Waals surface area contributed by atoms with Crippen molar-refractivity contribution in [2.45, 2.75) is 38.1 Å². The SMILES string of the molecule is Cl.O=C(NC1CCNCC1)C1CC1C1CC1. The van der Waals surface area contributed by atoms with Crippen molar-refractivity contribution >= 4 is 18.3 Å². The first kappa shape index (κ1) is 12.2. The molecule has 2 atom stereocenters. The van der Waals surface area contributed by atoms with E-state index >= 15 is 0 Å². The van der Waals surface area contributed by atoms with Gasteiger partial charge in [-0.15, -0.1) is 12.4 Å². The lowest BCUT2D eigenvalue weighted by Crippen LogP contribution is -2.43. The van der Waals surface area contributed by atoms with Crippen LogP contribution in [0.2, 0.25) is 0 Å². The maximum absolute atomic E-state index is 11.9. The van der Waals surface area contributed by atoms with Gasteiger partial charge < -0.3 is 10.6 Å². The monoisotopic (exact) mass is 244 g/mol. The van der Waals surface area contributed by atoms with E-state index in [2.05, 4.69) is 10.6 Å². The number of hydrogen-bond donors (Lipinski definition) is 2. The summed E-state index contributed by atoms with van der Waals surface area (Å²) in [6.07, 6.45) is 6.13. The van der Waals surface area contributed by atoms with Crippen LogP contribution in [0.5, 0.6) is 0 Å². The Labute approximate surface area is 103 Å². The summed E-state index contributed by atoms with van der Waals surface area (Å²) >= 11 is 0. The van der Waals surface area contributed by atoms with Crippen LogP contribution >= 0.6 is 12.4 Å². The fraction of sp³-hybridized carbons (Fsp3) is 0.917. The van der Waals surface area contributed by atoms with Gasteiger partial charge in [-0.1, -0.05) is 0 Å². The molecular weight excluding hydrogens is 224 g/mol. The van der Waals surface area contributed by atoms with E-state index in [9.17, 15) is 4.79 Å². The molecule has 1 aliphatic heterocycles. The van der Waals surface area contributed by atoms with Crippen LogP contribution in [0.4, 0.5) is 0 Å². The maximum Gasteiger partial charge on any atom is 0.223 e. The van der Waals surface area contributed by atoms with Crippen LogP contribution in [-0.4, -0.2) is 25.0 Å². The van der Waals surface area contributed by atoms with Gasteiger partial charge in [-0.05, 0) is 57.0 Å². The molecule has 3 nitrogen and oxygen atoms in total. The second-order valence-electron chi connectivity index (χ2n) is 5.38. The minimum Gasteiger partial charge on any atom is -0.353 e. The first-order chi connectivity index (χ1) is 7.34. The average Bonchev–Trinajstić information content (AvgIpc) is 3.11. The minimum absolute atomic E-state index is 0. The van der Waals surface area contributed by atoms with Crippen LogP contribution < -0.4 is 10.6 Å². The number of nitrogens with one attached hydrogen (secondary N) is 2. The number of rotatable bonds is 3. The number of piperidine rings is 1. The van der Waals surface area contributed by atoms with Gasteiger partial charge in [-0.25, -0.2) is 0 Å². The zero-order chi connectivity index (χ0) is 10.3. The molecule has 16 heavy (non-hydrogen) atoms. The van der Waals surface area contributed by atoms with Crippen molar-refractivity contribution in [1.82, 2.24) is 10.6 Å². The molecule has 1 heterocycles. The van der Waals surface area contributed by atoms with Gasteiger partial charge >= 0.3 is 0 Å². The highest BCUT2D eigenvalue weighted by Crippen LogP contribution is 2.54. The van der Waals surface area contributed by atoms with E-state index in [4.69, 9.17) is 0 Å². The van der Waals surface area contributed by atoms with E-state index in [0.717, 1.165) is 37.8 Å². The van der Waals surface area contributed by atoms with Crippen LogP contribution in [0, 0.1) is 17.8 Å². The van der Waals surface area contributed by atoms with E-state index in [1.807, 2.05) is 0 Å². The predicted octanol–water partition coefficient (Wildman–Crippen LogP) is 1.32. The van der Waals surface area contributed by atoms with Crippen LogP contribution in [0.1, 0.15) is 32.1 Å². The molecule has 1 saturated heterocycles. The van der Waals surface area contributed by atoms with Crippen molar-refractivity contribution in [3.8, 4) is 0 Å². The van der Waals surface area contributed by atoms with Gasteiger partial charge in [-0.2, -0.15) is 0 Å². The van der Waals surface area contributed by atoms with Crippen molar-refractivity contribution < 1.29 is 4.79 Å². The summed E-state index contributed by atoms with van der Waals surface area (Å²) in [5.74, 6) is 2.40. The van der Waals surface area contributed by atoms with E-state index in [1.54, 1.807) is 0 Å². The molecule has 2 N–H and O–H groups in total. The number of carbonyl (C=O) groups is 1. The van der Waals surface area contributed by atoms with Gasteiger partial charge in [-0.3, -0.25) is 4.79 Å². The van der Waals surface area contributed by atoms with Gasteiger partial charge in [0.25, 0.3) is 0 Å². The summed E-state index contributed by atoms with van der Waals surface area (Å²) in [4.78, 5) is 11.9. The third kappa shape index (κ3) is 2.69. The number of hydrogen-bond acceptors (Lipinski definition) is 2. The highest BCUT2D eigenvalue weighted by atomic mass is 35.5. The molecule has 0 bridgehead atoms. The van der Waals surface area contributed by atoms with Crippen molar-refractivity contribution in [1.29, 1.82) is 0 Å². The van der Waals surface area contributed by atoms with Crippen LogP contribution in [0.25, 0.3) is 0 Å². The molecule has 2 unspecified atom stereocenters. The van der Waals surface area contributed by atoms with Crippen molar-refractivity contribution in [2.24, 2.45) is 17.8 Å². The van der Waals surface area contributed by atoms with Crippen LogP contribution in [0.15, 0.2) is 0 Å². The number of halogens is 1. The molecule has 2 aliphatic carbocycles. The second-order valence-corrected chi connectivity index (χ2v) is 5.38. The highest BCUT2D eigenvalue weighted by Gasteiger charge is 2.51. The first-order valence-corrected chi connectivity index (χ1v) is 6.35. The third-order valence-electron chi connectivity index (χ3n) is 4.09. The zero-order valence-corrected chi connectivity index (χ0v) is 10.4. The lowest BCUT2D eigenvalue weighted by atomic mass is 10.1. The summed E-state index contributed by atoms with van der Waals surface area (Å²) in [6.45, 7) is 2.11. The molecule has 0 aromatic heterocycles. The Kier molecular flexibility index (Phi) is 3.75. The lowest BCUT2D eigenvalue weighted by molar-refractivity contribution is -0.123. The zero-order valence-electron chi connectivity index (χ0n) is 9.58. The van der Waals surface area contributed by atoms with Crippen LogP contribution in [0.3, 0.4) is 0 Å². The molecule has 92 valence electrons. The summed E-state index contributed by atoms with van der Waals surface area (Å²) < 4.78 is 0. The van der Waals surface area contributed by atoms with Gasteiger partial charge in [0.1, 0.15) is 0 Å². The maximum atomic E-state index is 11.9. The molecule has 3 rings (SSSR count). The van der Waals surface area contributed by atoms with Crippen molar-refractivity contribution in [3.63, 3.8) is 0 Å². The topological polar surface area (TPSA) is 41.1 Å². The fourth-order valence-electron chi connectivity index (χ4n) is 2.84. The Morgan fingerprint density at radius 1 is 1.12 bits per heavy atom. The van der Waals surface area contributed by atoms with Gasteiger partial charge in [0.05, 0.1) is 0 Å². The summed E-state index contributed by atoms with van der Waals surface area (Å²) in [5.41, 5.74) is 0. The molecular formula is C12H21ClN2O. The van der Waals surface area contributed by atoms with E-state index in [0.29, 0.717) is 17.9 Å². The smallest absolute Gasteiger partial charge is 0.223 e. The minimum atomic E-state index is 0. The Morgan fingerprint density at radius 3 is 2.44 bits per heavy atom. The van der Waals surface area contributed by atoms with Gasteiger partial charge in [0, 0.05) is 12.0 Å². The van der Waals surface area contributed by atoms with Crippen molar-refractivity contribution in [3.05, 3.63) is 0 Å². The quantitative estimate of drug-likeness (QED) is 0.786. The summed E-state index contributed by atoms with van der Waals surface area (Å²) in [5, 5.41) is 6.53. The average molecular weight is 245 g/mol. The molecule has 2 saturated carbocycles. The largest absolute Gasteiger partial charge is 0.353 e. The standard InChI is InChI=1S/C12H20N2O.ClH/c15-12(11-7-10(11)8-1-2-8)14-9-3-5-13-6-4-9;/h8-11,13H,1-7H2,(H,14,15);1H. The van der Waals surface area contributed by atoms with E-state index in [1.165, 1.54) is 19.3 Å². The third-order valence-corrected chi connectivity index (χ3v) is 4.09. The Balaban J connectivity index is 0.000000963. The normalized spacial score (nSPS) is 34.0. The lowest BCUT2D eigenvalue weighted by Gasteiger charge is -2.23. The molecule has 0 aromatic rings. The Hall–Kier alpha value is -0.280. The highest BCUT2D eigenvalue weighted by molar-refractivity contribution is 5.85. The summed E-state index contributed by atoms with van der Waals surface area (Å²) in [6, 6.07) is 0.444. The second kappa shape index (κ2) is 4.92. The Bertz CT molecular complexity index is 262. The Morgan fingerprint density at radius 2 is 1.81 bits per heavy atom. The molecule has 4 heteroatoms. The number of amides is 1. The predicted molar refractivity (Wildman–Crippen MR) is 65.6 cm³/mol. The molecule has 0 spiro atoms. The first-order valence-electron chi connectivity index (χ1n) is 6.35. The summed E-state index contributed by atoms with van der Waals surface area (Å²) in [7, 11) is 0. The molecule has 1 amide bonds. The van der Waals surface area contributed by atoms with Crippen molar-refractivity contribution in [2.75, 3.05) is 13.1 Å². The number of carbonyl (C=O) groups excluding carboxylic acids is 1.